The molecule has 5 nitrogen and oxygen atoms in total. The first-order valence-electron chi connectivity index (χ1n) is 10.8. The van der Waals surface area contributed by atoms with Crippen molar-refractivity contribution in [1.82, 2.24) is 4.31 Å². The molecule has 0 aromatic heterocycles. The maximum absolute atomic E-state index is 12.5. The summed E-state index contributed by atoms with van der Waals surface area (Å²) in [4.78, 5) is 2.19. The molecule has 164 valence electrons. The van der Waals surface area contributed by atoms with E-state index in [9.17, 15) is 8.42 Å². The average molecular weight is 439 g/mol. The summed E-state index contributed by atoms with van der Waals surface area (Å²) in [6.45, 7) is 4.36. The van der Waals surface area contributed by atoms with Crippen molar-refractivity contribution < 1.29 is 13.2 Å². The summed E-state index contributed by atoms with van der Waals surface area (Å²) >= 11 is 0. The van der Waals surface area contributed by atoms with Crippen molar-refractivity contribution in [3.05, 3.63) is 66.1 Å². The number of sulfonamides is 1. The number of hydrogen-bond acceptors (Lipinski definition) is 4. The molecular weight excluding hydrogens is 408 g/mol. The number of allylic oxidation sites excluding steroid dienone is 1. The van der Waals surface area contributed by atoms with Gasteiger partial charge in [-0.3, -0.25) is 0 Å². The van der Waals surface area contributed by atoms with Crippen LogP contribution in [0.15, 0.2) is 66.1 Å². The van der Waals surface area contributed by atoms with Gasteiger partial charge < -0.3 is 9.64 Å². The van der Waals surface area contributed by atoms with Gasteiger partial charge in [-0.15, -0.1) is 0 Å². The van der Waals surface area contributed by atoms with E-state index in [1.165, 1.54) is 15.8 Å². The Bertz CT molecular complexity index is 998. The SMILES string of the molecule is CCCCCC#C/C=C/S(=O)(=O)N1CCN(c2ccc(Oc3ccccc3)cc2)CC1. The van der Waals surface area contributed by atoms with E-state index in [4.69, 9.17) is 4.74 Å². The highest BCUT2D eigenvalue weighted by molar-refractivity contribution is 7.92. The molecule has 6 heteroatoms. The van der Waals surface area contributed by atoms with E-state index in [0.29, 0.717) is 26.2 Å². The lowest BCUT2D eigenvalue weighted by atomic mass is 10.2. The number of anilines is 1. The van der Waals surface area contributed by atoms with Gasteiger partial charge in [0.2, 0.25) is 10.0 Å². The molecule has 0 bridgehead atoms. The monoisotopic (exact) mass is 438 g/mol. The van der Waals surface area contributed by atoms with Crippen LogP contribution in [0.1, 0.15) is 32.6 Å². The number of para-hydroxylation sites is 1. The summed E-state index contributed by atoms with van der Waals surface area (Å²) in [5, 5.41) is 1.23. The van der Waals surface area contributed by atoms with Gasteiger partial charge >= 0.3 is 0 Å². The Labute approximate surface area is 186 Å². The fraction of sp³-hybridized carbons (Fsp3) is 0.360. The molecule has 0 spiro atoms. The first-order chi connectivity index (χ1) is 15.1. The molecule has 1 fully saturated rings. The Morgan fingerprint density at radius 3 is 2.29 bits per heavy atom. The van der Waals surface area contributed by atoms with E-state index >= 15 is 0 Å². The van der Waals surface area contributed by atoms with Crippen LogP contribution in [-0.4, -0.2) is 38.9 Å². The van der Waals surface area contributed by atoms with Crippen molar-refractivity contribution in [2.75, 3.05) is 31.1 Å². The molecule has 0 N–H and O–H groups in total. The second kappa shape index (κ2) is 11.6. The van der Waals surface area contributed by atoms with E-state index in [2.05, 4.69) is 23.7 Å². The van der Waals surface area contributed by atoms with Gasteiger partial charge in [-0.05, 0) is 42.8 Å². The molecule has 2 aromatic carbocycles. The minimum Gasteiger partial charge on any atom is -0.457 e. The summed E-state index contributed by atoms with van der Waals surface area (Å²) < 4.78 is 32.4. The summed E-state index contributed by atoms with van der Waals surface area (Å²) in [6.07, 6.45) is 5.64. The molecule has 1 saturated heterocycles. The molecule has 0 aliphatic carbocycles. The van der Waals surface area contributed by atoms with Gasteiger partial charge in [-0.25, -0.2) is 8.42 Å². The van der Waals surface area contributed by atoms with Crippen LogP contribution >= 0.6 is 0 Å². The lowest BCUT2D eigenvalue weighted by Gasteiger charge is -2.34. The Morgan fingerprint density at radius 1 is 0.935 bits per heavy atom. The third-order valence-electron chi connectivity index (χ3n) is 5.11. The molecule has 0 unspecified atom stereocenters. The van der Waals surface area contributed by atoms with Crippen molar-refractivity contribution in [3.8, 4) is 23.3 Å². The number of piperazine rings is 1. The van der Waals surface area contributed by atoms with Crippen LogP contribution < -0.4 is 9.64 Å². The van der Waals surface area contributed by atoms with Crippen LogP contribution in [0.4, 0.5) is 5.69 Å². The lowest BCUT2D eigenvalue weighted by molar-refractivity contribution is 0.390. The second-order valence-electron chi connectivity index (χ2n) is 7.42. The van der Waals surface area contributed by atoms with Gasteiger partial charge in [0.15, 0.2) is 0 Å². The molecule has 1 aliphatic heterocycles. The molecule has 0 radical (unpaired) electrons. The molecule has 2 aromatic rings. The van der Waals surface area contributed by atoms with Crippen molar-refractivity contribution in [1.29, 1.82) is 0 Å². The fourth-order valence-corrected chi connectivity index (χ4v) is 4.44. The Kier molecular flexibility index (Phi) is 8.57. The summed E-state index contributed by atoms with van der Waals surface area (Å²) in [6, 6.07) is 17.6. The predicted molar refractivity (Wildman–Crippen MR) is 127 cm³/mol. The Hall–Kier alpha value is -2.75. The number of ether oxygens (including phenoxy) is 1. The maximum atomic E-state index is 12.5. The Morgan fingerprint density at radius 2 is 1.61 bits per heavy atom. The highest BCUT2D eigenvalue weighted by Crippen LogP contribution is 2.25. The number of unbranched alkanes of at least 4 members (excludes halogenated alkanes) is 3. The van der Waals surface area contributed by atoms with E-state index in [1.807, 2.05) is 54.6 Å². The molecule has 31 heavy (non-hydrogen) atoms. The van der Waals surface area contributed by atoms with Crippen LogP contribution in [-0.2, 0) is 10.0 Å². The Balaban J connectivity index is 1.49. The standard InChI is InChI=1S/C25H30N2O3S/c1-2-3-4-5-6-7-11-22-31(28,29)27-20-18-26(19-21-27)23-14-16-25(17-15-23)30-24-12-9-8-10-13-24/h8-17,22H,2-5,18-21H2,1H3/b22-11+. The van der Waals surface area contributed by atoms with Crippen LogP contribution in [0.25, 0.3) is 0 Å². The minimum absolute atomic E-state index is 0.457. The van der Waals surface area contributed by atoms with E-state index in [-0.39, 0.29) is 0 Å². The van der Waals surface area contributed by atoms with Gasteiger partial charge in [-0.1, -0.05) is 49.8 Å². The largest absolute Gasteiger partial charge is 0.457 e. The number of rotatable bonds is 8. The molecule has 3 rings (SSSR count). The number of hydrogen-bond donors (Lipinski definition) is 0. The molecule has 0 saturated carbocycles. The lowest BCUT2D eigenvalue weighted by Crippen LogP contribution is -2.48. The zero-order valence-electron chi connectivity index (χ0n) is 18.0. The fourth-order valence-electron chi connectivity index (χ4n) is 3.35. The summed E-state index contributed by atoms with van der Waals surface area (Å²) in [5.41, 5.74) is 1.06. The zero-order valence-corrected chi connectivity index (χ0v) is 18.9. The summed E-state index contributed by atoms with van der Waals surface area (Å²) in [5.74, 6) is 7.42. The van der Waals surface area contributed by atoms with Crippen LogP contribution in [0.5, 0.6) is 11.5 Å². The third-order valence-corrected chi connectivity index (χ3v) is 6.67. The van der Waals surface area contributed by atoms with Crippen molar-refractivity contribution >= 4 is 15.7 Å². The van der Waals surface area contributed by atoms with Crippen LogP contribution in [0.2, 0.25) is 0 Å². The minimum atomic E-state index is -3.42. The zero-order chi connectivity index (χ0) is 21.9. The number of benzene rings is 2. The van der Waals surface area contributed by atoms with Crippen molar-refractivity contribution in [2.45, 2.75) is 32.6 Å². The smallest absolute Gasteiger partial charge is 0.236 e. The first-order valence-corrected chi connectivity index (χ1v) is 12.3. The quantitative estimate of drug-likeness (QED) is 0.429. The molecule has 0 atom stereocenters. The first kappa shape index (κ1) is 22.9. The second-order valence-corrected chi connectivity index (χ2v) is 9.24. The van der Waals surface area contributed by atoms with E-state index < -0.39 is 10.0 Å². The predicted octanol–water partition coefficient (Wildman–Crippen LogP) is 5.03. The molecular formula is C25H30N2O3S. The van der Waals surface area contributed by atoms with Gasteiger partial charge in [0.1, 0.15) is 11.5 Å². The van der Waals surface area contributed by atoms with Crippen LogP contribution in [0, 0.1) is 11.8 Å². The van der Waals surface area contributed by atoms with Gasteiger partial charge in [0, 0.05) is 44.4 Å². The highest BCUT2D eigenvalue weighted by Gasteiger charge is 2.25. The topological polar surface area (TPSA) is 49.9 Å². The average Bonchev–Trinajstić information content (AvgIpc) is 2.80. The molecule has 0 amide bonds. The normalized spacial score (nSPS) is 14.9. The van der Waals surface area contributed by atoms with Gasteiger partial charge in [0.25, 0.3) is 0 Å². The van der Waals surface area contributed by atoms with E-state index in [0.717, 1.165) is 42.9 Å². The van der Waals surface area contributed by atoms with Gasteiger partial charge in [-0.2, -0.15) is 4.31 Å². The molecule has 1 aliphatic rings. The van der Waals surface area contributed by atoms with Crippen molar-refractivity contribution in [3.63, 3.8) is 0 Å². The van der Waals surface area contributed by atoms with Crippen LogP contribution in [0.3, 0.4) is 0 Å². The number of nitrogens with zero attached hydrogens (tertiary/aromatic N) is 2. The van der Waals surface area contributed by atoms with Gasteiger partial charge in [0.05, 0.1) is 5.41 Å². The molecule has 1 heterocycles. The third kappa shape index (κ3) is 7.16. The van der Waals surface area contributed by atoms with E-state index in [1.54, 1.807) is 0 Å². The summed E-state index contributed by atoms with van der Waals surface area (Å²) in [7, 11) is -3.42. The maximum Gasteiger partial charge on any atom is 0.236 e. The highest BCUT2D eigenvalue weighted by atomic mass is 32.2. The van der Waals surface area contributed by atoms with Crippen molar-refractivity contribution in [2.24, 2.45) is 0 Å².